The number of rotatable bonds is 20. The molecule has 31 heteroatoms. The summed E-state index contributed by atoms with van der Waals surface area (Å²) < 4.78 is 0. The number of carbonyl (C=O) groups is 11. The second kappa shape index (κ2) is 35.9. The van der Waals surface area contributed by atoms with Gasteiger partial charge in [0.2, 0.25) is 65.0 Å². The smallest absolute Gasteiger partial charge is 0.245 e. The summed E-state index contributed by atoms with van der Waals surface area (Å²) in [7, 11) is -2.47. The van der Waals surface area contributed by atoms with E-state index in [-0.39, 0.29) is 56.2 Å². The van der Waals surface area contributed by atoms with Crippen molar-refractivity contribution in [3.63, 3.8) is 0 Å². The molecule has 11 amide bonds. The van der Waals surface area contributed by atoms with Gasteiger partial charge in [-0.2, -0.15) is 0 Å². The summed E-state index contributed by atoms with van der Waals surface area (Å²) in [5, 5.41) is 81.5. The zero-order valence-corrected chi connectivity index (χ0v) is 55.6. The number of hydrogen-bond donors (Lipinski definition) is 19. The van der Waals surface area contributed by atoms with Crippen LogP contribution in [0, 0.1) is 28.1 Å². The molecule has 0 aliphatic carbocycles. The van der Waals surface area contributed by atoms with E-state index in [2.05, 4.69) is 63.8 Å². The first-order chi connectivity index (χ1) is 41.6. The highest BCUT2D eigenvalue weighted by atomic mass is 28.3. The number of guanidine groups is 1. The maximum absolute atomic E-state index is 15.5. The zero-order chi connectivity index (χ0) is 68.8. The summed E-state index contributed by atoms with van der Waals surface area (Å²) in [6.07, 6.45) is -3.03. The van der Waals surface area contributed by atoms with E-state index in [0.29, 0.717) is 0 Å². The molecule has 1 aromatic rings. The summed E-state index contributed by atoms with van der Waals surface area (Å²) in [6.45, 7) is 21.0. The van der Waals surface area contributed by atoms with Crippen LogP contribution in [0.2, 0.25) is 25.7 Å². The van der Waals surface area contributed by atoms with Gasteiger partial charge in [-0.1, -0.05) is 126 Å². The average Bonchev–Trinajstić information content (AvgIpc) is 0.958. The van der Waals surface area contributed by atoms with E-state index < -0.39 is 194 Å². The number of benzene rings is 1. The molecule has 90 heavy (non-hydrogen) atoms. The van der Waals surface area contributed by atoms with Crippen LogP contribution in [0.3, 0.4) is 0 Å². The Kier molecular flexibility index (Phi) is 31.4. The van der Waals surface area contributed by atoms with Crippen molar-refractivity contribution in [2.24, 2.45) is 34.1 Å². The minimum atomic E-state index is -2.47. The van der Waals surface area contributed by atoms with Crippen molar-refractivity contribution in [2.75, 3.05) is 26.3 Å². The molecule has 21 N–H and O–H groups in total. The van der Waals surface area contributed by atoms with Gasteiger partial charge in [0, 0.05) is 14.6 Å². The van der Waals surface area contributed by atoms with E-state index in [4.69, 9.17) is 16.9 Å². The van der Waals surface area contributed by atoms with E-state index in [9.17, 15) is 63.6 Å². The molecule has 1 fully saturated rings. The van der Waals surface area contributed by atoms with Crippen LogP contribution in [0.4, 0.5) is 0 Å². The van der Waals surface area contributed by atoms with Gasteiger partial charge in [0.1, 0.15) is 54.4 Å². The molecule has 30 nitrogen and oxygen atoms in total. The number of amides is 11. The number of nitrogens with one attached hydrogen (secondary N) is 13. The maximum Gasteiger partial charge on any atom is 0.245 e. The van der Waals surface area contributed by atoms with E-state index >= 15 is 9.59 Å². The van der Waals surface area contributed by atoms with Gasteiger partial charge in [0.05, 0.1) is 44.1 Å². The second-order valence-electron chi connectivity index (χ2n) is 27.0. The minimum absolute atomic E-state index is 0.00565. The molecule has 0 bridgehead atoms. The van der Waals surface area contributed by atoms with Gasteiger partial charge in [-0.15, -0.1) is 0 Å². The monoisotopic (exact) mass is 1290 g/mol. The summed E-state index contributed by atoms with van der Waals surface area (Å²) in [4.78, 5) is 158. The fourth-order valence-electron chi connectivity index (χ4n) is 9.56. The van der Waals surface area contributed by atoms with Crippen LogP contribution in [-0.2, 0) is 52.7 Å². The van der Waals surface area contributed by atoms with E-state index in [0.717, 1.165) is 6.92 Å². The lowest BCUT2D eigenvalue weighted by Gasteiger charge is -2.35. The van der Waals surface area contributed by atoms with Crippen molar-refractivity contribution in [1.29, 1.82) is 5.41 Å². The zero-order valence-electron chi connectivity index (χ0n) is 54.6. The molecule has 0 spiro atoms. The molecule has 0 saturated carbocycles. The van der Waals surface area contributed by atoms with Crippen molar-refractivity contribution in [2.45, 2.75) is 213 Å². The van der Waals surface area contributed by atoms with Crippen molar-refractivity contribution in [3.05, 3.63) is 35.9 Å². The minimum Gasteiger partial charge on any atom is -0.394 e. The SMILES string of the molecule is CC[C@H](C)[C@@H]1NC(=O)[C@@H](CCCNC(=N)N)NC(=O)[C@H](C[Si](C)(C)C)NC(=O)[C@H]([C@H](O)C(C)C)NC(=O)[C@@H](NC(=O)[C@H](CC(C)(C)C)NC(=O)[C@H](N)CC(C)(C)C)[C@@H](c2ccccc2)NC(=O)C(CO)NC(=O)[C@H](CO)NC(=O)CNC(=O)[C@H]([C@H](C)O)NC1=O. The topological polar surface area (TPSA) is 489 Å². The number of aliphatic hydroxyl groups excluding tert-OH is 4. The Labute approximate surface area is 528 Å². The molecular weight excluding hydrogens is 1190 g/mol. The fraction of sp³-hybridized carbons (Fsp3) is 0.695. The van der Waals surface area contributed by atoms with Gasteiger partial charge in [-0.25, -0.2) is 0 Å². The fourth-order valence-corrected chi connectivity index (χ4v) is 11.1. The van der Waals surface area contributed by atoms with Crippen LogP contribution in [0.1, 0.15) is 120 Å². The Bertz CT molecular complexity index is 2630. The molecule has 0 radical (unpaired) electrons. The van der Waals surface area contributed by atoms with E-state index in [1.54, 1.807) is 40.7 Å². The molecule has 1 saturated heterocycles. The number of carbonyl (C=O) groups excluding carboxylic acids is 11. The predicted octanol–water partition coefficient (Wildman–Crippen LogP) is -3.43. The molecule has 14 atom stereocenters. The summed E-state index contributed by atoms with van der Waals surface area (Å²) in [5.74, 6) is -13.4. The van der Waals surface area contributed by atoms with Gasteiger partial charge in [-0.05, 0) is 66.9 Å². The molecule has 2 rings (SSSR count). The standard InChI is InChI=1S/C59H103N15O15Si/c1-15-31(4)41-54(87)71-42(32(5)77)53(86)64-26-40(78)65-37(27-75)50(83)68-38(28-76)51(84)72-43(33-20-17-16-18-21-33)44(73-49(82)36(25-59(9,10)11)67-47(80)34(60)24-58(6,7)8)55(88)74-45(46(79)30(2)3)56(89)69-39(29-90(12,13)14)52(85)66-35(48(81)70-41)22-19-23-63-57(61)62/h16-18,20-21,30-32,34-39,41-46,75-77,79H,15,19,22-29,60H2,1-14H3,(H,64,86)(H,65,78)(H,66,85)(H,67,80)(H,68,83)(H,69,89)(H,70,81)(H,71,87)(H,72,84)(H,73,82)(H,74,88)(H4,61,62,63)/t31-,32-,34+,35+,36-,37-,38?,39-,41-,42-,43+,44-,45-,46+/m0/s1. The van der Waals surface area contributed by atoms with Crippen molar-refractivity contribution < 1.29 is 73.2 Å². The lowest BCUT2D eigenvalue weighted by Crippen LogP contribution is -2.65. The van der Waals surface area contributed by atoms with Gasteiger partial charge in [0.15, 0.2) is 5.96 Å². The summed E-state index contributed by atoms with van der Waals surface area (Å²) >= 11 is 0. The molecule has 1 heterocycles. The third-order valence-electron chi connectivity index (χ3n) is 14.6. The van der Waals surface area contributed by atoms with Crippen molar-refractivity contribution in [1.82, 2.24) is 63.8 Å². The Morgan fingerprint density at radius 3 is 1.68 bits per heavy atom. The van der Waals surface area contributed by atoms with Crippen molar-refractivity contribution in [3.8, 4) is 0 Å². The Balaban J connectivity index is 3.12. The molecule has 1 aliphatic rings. The van der Waals surface area contributed by atoms with E-state index in [1.807, 2.05) is 40.4 Å². The second-order valence-corrected chi connectivity index (χ2v) is 32.6. The van der Waals surface area contributed by atoms with Crippen molar-refractivity contribution >= 4 is 79.0 Å². The highest BCUT2D eigenvalue weighted by Crippen LogP contribution is 2.25. The number of aliphatic hydroxyl groups is 4. The van der Waals surface area contributed by atoms with Gasteiger partial charge in [0.25, 0.3) is 0 Å². The normalized spacial score (nSPS) is 24.8. The van der Waals surface area contributed by atoms with Crippen LogP contribution < -0.4 is 75.3 Å². The van der Waals surface area contributed by atoms with Crippen LogP contribution in [0.25, 0.3) is 0 Å². The first-order valence-corrected chi connectivity index (χ1v) is 34.1. The average molecular weight is 1290 g/mol. The predicted molar refractivity (Wildman–Crippen MR) is 337 cm³/mol. The first kappa shape index (κ1) is 78.8. The van der Waals surface area contributed by atoms with Gasteiger partial charge < -0.3 is 95.7 Å². The lowest BCUT2D eigenvalue weighted by atomic mass is 9.86. The molecule has 508 valence electrons. The van der Waals surface area contributed by atoms with Crippen LogP contribution in [0.5, 0.6) is 0 Å². The molecule has 1 aliphatic heterocycles. The first-order valence-electron chi connectivity index (χ1n) is 30.4. The molecular formula is C59H103N15O15Si. The molecule has 1 aromatic carbocycles. The van der Waals surface area contributed by atoms with E-state index in [1.165, 1.54) is 38.1 Å². The molecule has 1 unspecified atom stereocenters. The third kappa shape index (κ3) is 27.0. The van der Waals surface area contributed by atoms with Crippen LogP contribution >= 0.6 is 0 Å². The van der Waals surface area contributed by atoms with Crippen LogP contribution in [0.15, 0.2) is 30.3 Å². The Morgan fingerprint density at radius 2 is 1.16 bits per heavy atom. The summed E-state index contributed by atoms with van der Waals surface area (Å²) in [6, 6.07) is -10.7. The largest absolute Gasteiger partial charge is 0.394 e. The third-order valence-corrected chi connectivity index (χ3v) is 16.2. The highest BCUT2D eigenvalue weighted by Gasteiger charge is 2.43. The highest BCUT2D eigenvalue weighted by molar-refractivity contribution is 6.76. The Hall–Kier alpha value is -7.32. The lowest BCUT2D eigenvalue weighted by molar-refractivity contribution is -0.139. The number of nitrogens with two attached hydrogens (primary N) is 2. The quantitative estimate of drug-likeness (QED) is 0.0261. The summed E-state index contributed by atoms with van der Waals surface area (Å²) in [5.41, 5.74) is 10.9. The Morgan fingerprint density at radius 1 is 0.656 bits per heavy atom. The molecule has 0 aromatic heterocycles. The van der Waals surface area contributed by atoms with Gasteiger partial charge >= 0.3 is 0 Å². The van der Waals surface area contributed by atoms with Gasteiger partial charge in [-0.3, -0.25) is 58.1 Å². The number of hydrogen-bond acceptors (Lipinski definition) is 17. The van der Waals surface area contributed by atoms with Crippen LogP contribution in [-0.4, -0.2) is 198 Å². The maximum atomic E-state index is 15.5.